The summed E-state index contributed by atoms with van der Waals surface area (Å²) in [5.41, 5.74) is 3.21. The molecule has 0 fully saturated rings. The quantitative estimate of drug-likeness (QED) is 0.282. The highest BCUT2D eigenvalue weighted by molar-refractivity contribution is 5.82. The van der Waals surface area contributed by atoms with Crippen molar-refractivity contribution in [1.82, 2.24) is 9.88 Å². The largest absolute Gasteiger partial charge is 0.489 e. The monoisotopic (exact) mass is 500 g/mol. The molecule has 192 valence electrons. The number of nitrogens with one attached hydrogen (secondary N) is 1. The van der Waals surface area contributed by atoms with Gasteiger partial charge in [-0.05, 0) is 48.2 Å². The van der Waals surface area contributed by atoms with E-state index in [1.165, 1.54) is 17.7 Å². The molecule has 7 heteroatoms. The number of aromatic nitrogens is 1. The lowest BCUT2D eigenvalue weighted by Gasteiger charge is -2.24. The van der Waals surface area contributed by atoms with Gasteiger partial charge in [-0.15, -0.1) is 6.58 Å². The molecule has 0 unspecified atom stereocenters. The molecule has 0 spiro atoms. The minimum absolute atomic E-state index is 0.0796. The number of ether oxygens (including phenoxy) is 2. The molecule has 0 aliphatic carbocycles. The Bertz CT molecular complexity index is 1330. The van der Waals surface area contributed by atoms with E-state index in [0.717, 1.165) is 16.7 Å². The van der Waals surface area contributed by atoms with E-state index in [2.05, 4.69) is 18.5 Å². The van der Waals surface area contributed by atoms with Crippen LogP contribution in [0.25, 0.3) is 11.1 Å². The average molecular weight is 501 g/mol. The van der Waals surface area contributed by atoms with Gasteiger partial charge in [-0.3, -0.25) is 14.4 Å². The number of pyridine rings is 1. The maximum atomic E-state index is 13.4. The second-order valence-corrected chi connectivity index (χ2v) is 8.50. The number of nitrogens with zero attached hydrogens (tertiary/aromatic N) is 1. The number of hydrogen-bond donors (Lipinski definition) is 1. The van der Waals surface area contributed by atoms with E-state index < -0.39 is 24.0 Å². The third-order valence-electron chi connectivity index (χ3n) is 5.96. The van der Waals surface area contributed by atoms with Crippen molar-refractivity contribution in [2.75, 3.05) is 13.7 Å². The van der Waals surface area contributed by atoms with Gasteiger partial charge in [-0.2, -0.15) is 0 Å². The highest BCUT2D eigenvalue weighted by Crippen LogP contribution is 2.35. The van der Waals surface area contributed by atoms with Crippen LogP contribution in [0.5, 0.6) is 5.75 Å². The second-order valence-electron chi connectivity index (χ2n) is 8.50. The summed E-state index contributed by atoms with van der Waals surface area (Å²) in [6.45, 7) is 9.81. The van der Waals surface area contributed by atoms with Crippen molar-refractivity contribution in [3.63, 3.8) is 0 Å². The predicted molar refractivity (Wildman–Crippen MR) is 144 cm³/mol. The van der Waals surface area contributed by atoms with Crippen LogP contribution in [-0.2, 0) is 14.3 Å². The van der Waals surface area contributed by atoms with Gasteiger partial charge in [0.25, 0.3) is 5.56 Å². The molecule has 1 aromatic heterocycles. The summed E-state index contributed by atoms with van der Waals surface area (Å²) in [5.74, 6) is -0.169. The van der Waals surface area contributed by atoms with Gasteiger partial charge >= 0.3 is 5.97 Å². The molecule has 0 aliphatic heterocycles. The van der Waals surface area contributed by atoms with Crippen LogP contribution < -0.4 is 15.6 Å². The Labute approximate surface area is 217 Å². The first-order valence-corrected chi connectivity index (χ1v) is 12.0. The van der Waals surface area contributed by atoms with Crippen molar-refractivity contribution in [1.29, 1.82) is 0 Å². The van der Waals surface area contributed by atoms with Gasteiger partial charge in [0.2, 0.25) is 5.91 Å². The first-order chi connectivity index (χ1) is 17.9. The van der Waals surface area contributed by atoms with Crippen molar-refractivity contribution in [3.05, 3.63) is 114 Å². The molecule has 37 heavy (non-hydrogen) atoms. The van der Waals surface area contributed by atoms with Gasteiger partial charge in [0.05, 0.1) is 19.6 Å². The molecule has 0 saturated carbocycles. The molecule has 0 saturated heterocycles. The first kappa shape index (κ1) is 27.2. The lowest BCUT2D eigenvalue weighted by Crippen LogP contribution is -2.39. The SMILES string of the molecule is C=CCOc1cccc(C)c1-c1cccc([C@H](CC(=O)OC)NC(=O)[C@H](CC=C)n2ccccc2=O)c1. The summed E-state index contributed by atoms with van der Waals surface area (Å²) in [6.07, 6.45) is 5.00. The molecule has 1 heterocycles. The summed E-state index contributed by atoms with van der Waals surface area (Å²) < 4.78 is 12.1. The number of allylic oxidation sites excluding steroid dienone is 1. The Kier molecular flexibility index (Phi) is 9.61. The molecule has 0 aliphatic rings. The fraction of sp³-hybridized carbons (Fsp3) is 0.233. The van der Waals surface area contributed by atoms with Gasteiger partial charge < -0.3 is 19.4 Å². The van der Waals surface area contributed by atoms with Crippen LogP contribution in [0.1, 0.15) is 36.1 Å². The lowest BCUT2D eigenvalue weighted by atomic mass is 9.94. The highest BCUT2D eigenvalue weighted by Gasteiger charge is 2.26. The van der Waals surface area contributed by atoms with Crippen LogP contribution in [0.15, 0.2) is 97.0 Å². The van der Waals surface area contributed by atoms with E-state index >= 15 is 0 Å². The Morgan fingerprint density at radius 2 is 1.84 bits per heavy atom. The van der Waals surface area contributed by atoms with E-state index in [1.54, 1.807) is 30.5 Å². The minimum Gasteiger partial charge on any atom is -0.489 e. The average Bonchev–Trinajstić information content (AvgIpc) is 2.90. The Morgan fingerprint density at radius 1 is 1.05 bits per heavy atom. The zero-order valence-electron chi connectivity index (χ0n) is 21.2. The number of rotatable bonds is 12. The fourth-order valence-electron chi connectivity index (χ4n) is 4.16. The molecule has 7 nitrogen and oxygen atoms in total. The number of benzene rings is 2. The van der Waals surface area contributed by atoms with E-state index in [-0.39, 0.29) is 18.4 Å². The molecule has 1 amide bonds. The maximum Gasteiger partial charge on any atom is 0.307 e. The predicted octanol–water partition coefficient (Wildman–Crippen LogP) is 4.93. The van der Waals surface area contributed by atoms with Gasteiger partial charge in [0, 0.05) is 17.8 Å². The summed E-state index contributed by atoms with van der Waals surface area (Å²) in [6, 6.07) is 16.6. The number of carbonyl (C=O) groups is 2. The first-order valence-electron chi connectivity index (χ1n) is 12.0. The summed E-state index contributed by atoms with van der Waals surface area (Å²) >= 11 is 0. The summed E-state index contributed by atoms with van der Waals surface area (Å²) in [7, 11) is 1.30. The fourth-order valence-corrected chi connectivity index (χ4v) is 4.16. The van der Waals surface area contributed by atoms with Crippen molar-refractivity contribution < 1.29 is 19.1 Å². The highest BCUT2D eigenvalue weighted by atomic mass is 16.5. The number of amides is 1. The number of aryl methyl sites for hydroxylation is 1. The molecule has 2 aromatic carbocycles. The van der Waals surface area contributed by atoms with E-state index in [0.29, 0.717) is 17.9 Å². The number of esters is 1. The van der Waals surface area contributed by atoms with E-state index in [9.17, 15) is 14.4 Å². The zero-order valence-corrected chi connectivity index (χ0v) is 21.2. The second kappa shape index (κ2) is 13.1. The Morgan fingerprint density at radius 3 is 2.54 bits per heavy atom. The van der Waals surface area contributed by atoms with Gasteiger partial charge in [0.1, 0.15) is 18.4 Å². The molecule has 0 radical (unpaired) electrons. The normalized spacial score (nSPS) is 12.2. The van der Waals surface area contributed by atoms with Gasteiger partial charge in [-0.1, -0.05) is 55.1 Å². The number of hydrogen-bond acceptors (Lipinski definition) is 5. The molecule has 0 bridgehead atoms. The summed E-state index contributed by atoms with van der Waals surface area (Å²) in [4.78, 5) is 38.1. The van der Waals surface area contributed by atoms with Gasteiger partial charge in [-0.25, -0.2) is 0 Å². The van der Waals surface area contributed by atoms with Crippen LogP contribution in [0, 0.1) is 6.92 Å². The Hall–Kier alpha value is -4.39. The topological polar surface area (TPSA) is 86.6 Å². The zero-order chi connectivity index (χ0) is 26.8. The third kappa shape index (κ3) is 6.85. The van der Waals surface area contributed by atoms with Crippen LogP contribution >= 0.6 is 0 Å². The van der Waals surface area contributed by atoms with Crippen LogP contribution in [0.4, 0.5) is 0 Å². The van der Waals surface area contributed by atoms with Gasteiger partial charge in [0.15, 0.2) is 0 Å². The Balaban J connectivity index is 2.00. The van der Waals surface area contributed by atoms with Crippen LogP contribution in [0.2, 0.25) is 0 Å². The molecule has 2 atom stereocenters. The molecule has 1 N–H and O–H groups in total. The maximum absolute atomic E-state index is 13.4. The number of methoxy groups -OCH3 is 1. The van der Waals surface area contributed by atoms with Crippen molar-refractivity contribution in [2.24, 2.45) is 0 Å². The van der Waals surface area contributed by atoms with Crippen LogP contribution in [-0.4, -0.2) is 30.2 Å². The minimum atomic E-state index is -0.815. The van der Waals surface area contributed by atoms with Crippen molar-refractivity contribution >= 4 is 11.9 Å². The van der Waals surface area contributed by atoms with Crippen molar-refractivity contribution in [3.8, 4) is 16.9 Å². The molecule has 3 aromatic rings. The van der Waals surface area contributed by atoms with E-state index in [4.69, 9.17) is 9.47 Å². The summed E-state index contributed by atoms with van der Waals surface area (Å²) in [5, 5.41) is 2.96. The molecular weight excluding hydrogens is 468 g/mol. The molecule has 3 rings (SSSR count). The standard InChI is InChI=1S/C30H32N2O5/c1-5-11-25(32-17-8-7-16-27(32)33)30(35)31-24(20-28(34)36-4)22-13-10-14-23(19-22)29-21(3)12-9-15-26(29)37-18-6-2/h5-10,12-17,19,24-25H,1-2,11,18,20H2,3-4H3,(H,31,35)/t24-,25-/m0/s1. The van der Waals surface area contributed by atoms with E-state index in [1.807, 2.05) is 49.4 Å². The number of carbonyl (C=O) groups excluding carboxylic acids is 2. The third-order valence-corrected chi connectivity index (χ3v) is 5.96. The van der Waals surface area contributed by atoms with Crippen molar-refractivity contribution in [2.45, 2.75) is 31.8 Å². The van der Waals surface area contributed by atoms with Crippen LogP contribution in [0.3, 0.4) is 0 Å². The smallest absolute Gasteiger partial charge is 0.307 e. The molecular formula is C30H32N2O5. The lowest BCUT2D eigenvalue weighted by molar-refractivity contribution is -0.141.